The zero-order chi connectivity index (χ0) is 18.2. The predicted octanol–water partition coefficient (Wildman–Crippen LogP) is 2.37. The summed E-state index contributed by atoms with van der Waals surface area (Å²) in [5.41, 5.74) is 3.28. The fraction of sp³-hybridized carbons (Fsp3) is 0.667. The molecule has 0 radical (unpaired) electrons. The molecule has 6 nitrogen and oxygen atoms in total. The van der Waals surface area contributed by atoms with E-state index in [0.717, 1.165) is 20.3 Å². The van der Waals surface area contributed by atoms with Crippen LogP contribution >= 0.6 is 22.6 Å². The highest BCUT2D eigenvalue weighted by molar-refractivity contribution is 14.1. The van der Waals surface area contributed by atoms with E-state index < -0.39 is 11.9 Å². The van der Waals surface area contributed by atoms with E-state index >= 15 is 0 Å². The minimum absolute atomic E-state index is 0.323. The van der Waals surface area contributed by atoms with Gasteiger partial charge in [0.1, 0.15) is 24.4 Å². The van der Waals surface area contributed by atoms with E-state index in [0.29, 0.717) is 13.2 Å². The van der Waals surface area contributed by atoms with Crippen molar-refractivity contribution in [3.8, 4) is 0 Å². The Balaban J connectivity index is 2.14. The van der Waals surface area contributed by atoms with Crippen LogP contribution in [0.15, 0.2) is 12.1 Å². The first kappa shape index (κ1) is 19.5. The number of benzene rings is 1. The summed E-state index contributed by atoms with van der Waals surface area (Å²) in [6, 6.07) is 4.18. The van der Waals surface area contributed by atoms with Gasteiger partial charge >= 0.3 is 0 Å². The van der Waals surface area contributed by atoms with E-state index in [4.69, 9.17) is 28.4 Å². The molecule has 2 aliphatic rings. The smallest absolute Gasteiger partial charge is 0.226 e. The second-order valence-electron chi connectivity index (χ2n) is 6.34. The van der Waals surface area contributed by atoms with Crippen molar-refractivity contribution >= 4 is 22.6 Å². The van der Waals surface area contributed by atoms with E-state index in [2.05, 4.69) is 41.6 Å². The van der Waals surface area contributed by atoms with Crippen molar-refractivity contribution in [2.75, 3.05) is 35.0 Å². The summed E-state index contributed by atoms with van der Waals surface area (Å²) in [6.45, 7) is 2.91. The Morgan fingerprint density at radius 1 is 1.12 bits per heavy atom. The van der Waals surface area contributed by atoms with Gasteiger partial charge in [-0.05, 0) is 41.1 Å². The predicted molar refractivity (Wildman–Crippen MR) is 99.5 cm³/mol. The van der Waals surface area contributed by atoms with E-state index in [1.807, 2.05) is 0 Å². The first-order chi connectivity index (χ1) is 12.0. The van der Waals surface area contributed by atoms with Crippen molar-refractivity contribution in [2.45, 2.75) is 43.7 Å². The molecule has 3 rings (SSSR count). The molecule has 2 heterocycles. The van der Waals surface area contributed by atoms with Crippen molar-refractivity contribution in [1.82, 2.24) is 0 Å². The average Bonchev–Trinajstić information content (AvgIpc) is 2.99. The minimum Gasteiger partial charge on any atom is -0.382 e. The highest BCUT2D eigenvalue weighted by atomic mass is 127. The topological polar surface area (TPSA) is 55.4 Å². The summed E-state index contributed by atoms with van der Waals surface area (Å²) in [7, 11) is 6.59. The van der Waals surface area contributed by atoms with Crippen LogP contribution in [-0.2, 0) is 40.8 Å². The number of halogens is 1. The number of rotatable bonds is 5. The van der Waals surface area contributed by atoms with Gasteiger partial charge in [-0.15, -0.1) is 0 Å². The van der Waals surface area contributed by atoms with Crippen LogP contribution in [0.3, 0.4) is 0 Å². The third-order valence-electron chi connectivity index (χ3n) is 5.06. The number of methoxy groups -OCH3 is 4. The molecule has 0 amide bonds. The van der Waals surface area contributed by atoms with Crippen LogP contribution < -0.4 is 0 Å². The number of hydrogen-bond acceptors (Lipinski definition) is 6. The Morgan fingerprint density at radius 3 is 2.44 bits per heavy atom. The quantitative estimate of drug-likeness (QED) is 0.624. The zero-order valence-electron chi connectivity index (χ0n) is 15.2. The largest absolute Gasteiger partial charge is 0.382 e. The maximum Gasteiger partial charge on any atom is 0.226 e. The second kappa shape index (κ2) is 7.75. The van der Waals surface area contributed by atoms with Gasteiger partial charge in [-0.3, -0.25) is 0 Å². The molecule has 1 aromatic rings. The zero-order valence-corrected chi connectivity index (χ0v) is 17.4. The number of ether oxygens (including phenoxy) is 6. The first-order valence-electron chi connectivity index (χ1n) is 8.21. The minimum atomic E-state index is -1.03. The van der Waals surface area contributed by atoms with Crippen LogP contribution in [0, 0.1) is 10.5 Å². The summed E-state index contributed by atoms with van der Waals surface area (Å²) in [5, 5.41) is 0. The molecule has 2 aliphatic heterocycles. The fourth-order valence-electron chi connectivity index (χ4n) is 4.02. The van der Waals surface area contributed by atoms with E-state index in [1.165, 1.54) is 0 Å². The molecule has 0 N–H and O–H groups in total. The van der Waals surface area contributed by atoms with Crippen LogP contribution in [-0.4, -0.2) is 59.5 Å². The van der Waals surface area contributed by atoms with Gasteiger partial charge in [-0.1, -0.05) is 6.07 Å². The van der Waals surface area contributed by atoms with Crippen LogP contribution in [0.25, 0.3) is 0 Å². The summed E-state index contributed by atoms with van der Waals surface area (Å²) >= 11 is 2.33. The molecule has 0 saturated carbocycles. The van der Waals surface area contributed by atoms with Crippen molar-refractivity contribution < 1.29 is 28.4 Å². The third kappa shape index (κ3) is 3.03. The van der Waals surface area contributed by atoms with E-state index in [9.17, 15) is 0 Å². The Kier molecular flexibility index (Phi) is 6.04. The fourth-order valence-corrected chi connectivity index (χ4v) is 4.62. The Morgan fingerprint density at radius 2 is 1.84 bits per heavy atom. The van der Waals surface area contributed by atoms with Gasteiger partial charge in [0.25, 0.3) is 0 Å². The molecule has 0 bridgehead atoms. The van der Waals surface area contributed by atoms with Gasteiger partial charge in [0.2, 0.25) is 5.79 Å². The van der Waals surface area contributed by atoms with E-state index in [-0.39, 0.29) is 18.3 Å². The third-order valence-corrected chi connectivity index (χ3v) is 6.07. The SMILES string of the molecule is COC[C@H]1O[C@]2(OCc3c(I)ccc(C)c32)[C@H](OC)[C@@H](OC)[C@@H]1OC. The van der Waals surface area contributed by atoms with Crippen molar-refractivity contribution in [1.29, 1.82) is 0 Å². The highest BCUT2D eigenvalue weighted by Crippen LogP contribution is 2.50. The molecular formula is C18H25IO6. The maximum absolute atomic E-state index is 6.50. The summed E-state index contributed by atoms with van der Waals surface area (Å²) in [6.07, 6.45) is -1.48. The lowest BCUT2D eigenvalue weighted by atomic mass is 9.85. The van der Waals surface area contributed by atoms with Crippen LogP contribution in [0.4, 0.5) is 0 Å². The molecular weight excluding hydrogens is 439 g/mol. The molecule has 1 aromatic carbocycles. The van der Waals surface area contributed by atoms with Crippen LogP contribution in [0.2, 0.25) is 0 Å². The highest BCUT2D eigenvalue weighted by Gasteiger charge is 2.61. The van der Waals surface area contributed by atoms with Gasteiger partial charge < -0.3 is 28.4 Å². The van der Waals surface area contributed by atoms with Gasteiger partial charge in [0, 0.05) is 43.1 Å². The first-order valence-corrected chi connectivity index (χ1v) is 9.29. The van der Waals surface area contributed by atoms with Gasteiger partial charge in [0.05, 0.1) is 13.2 Å². The van der Waals surface area contributed by atoms with Crippen molar-refractivity contribution in [2.24, 2.45) is 0 Å². The summed E-state index contributed by atoms with van der Waals surface area (Å²) in [5.74, 6) is -1.03. The molecule has 1 fully saturated rings. The standard InChI is InChI=1S/C18H25IO6/c1-10-6-7-12(19)11-8-24-18(14(10)11)17(23-5)16(22-4)15(21-3)13(25-18)9-20-2/h6-7,13,15-17H,8-9H2,1-5H3/t13-,15-,16+,17-,18+/m1/s1. The van der Waals surface area contributed by atoms with Crippen LogP contribution in [0.1, 0.15) is 16.7 Å². The molecule has 0 aliphatic carbocycles. The Bertz CT molecular complexity index is 624. The number of hydrogen-bond donors (Lipinski definition) is 0. The molecule has 7 heteroatoms. The molecule has 1 spiro atoms. The Hall–Kier alpha value is -0.290. The second-order valence-corrected chi connectivity index (χ2v) is 7.50. The average molecular weight is 464 g/mol. The molecule has 5 atom stereocenters. The maximum atomic E-state index is 6.50. The summed E-state index contributed by atoms with van der Waals surface area (Å²) < 4.78 is 36.6. The Labute approximate surface area is 162 Å². The molecule has 25 heavy (non-hydrogen) atoms. The molecule has 0 aromatic heterocycles. The molecule has 140 valence electrons. The van der Waals surface area contributed by atoms with Gasteiger partial charge in [-0.25, -0.2) is 0 Å². The lowest BCUT2D eigenvalue weighted by molar-refractivity contribution is -0.376. The normalized spacial score (nSPS) is 34.5. The van der Waals surface area contributed by atoms with Gasteiger partial charge in [0.15, 0.2) is 0 Å². The number of aryl methyl sites for hydroxylation is 1. The van der Waals surface area contributed by atoms with Crippen LogP contribution in [0.5, 0.6) is 0 Å². The number of fused-ring (bicyclic) bond motifs is 2. The molecule has 1 saturated heterocycles. The lowest BCUT2D eigenvalue weighted by Crippen LogP contribution is -2.65. The van der Waals surface area contributed by atoms with Crippen molar-refractivity contribution in [3.63, 3.8) is 0 Å². The van der Waals surface area contributed by atoms with Gasteiger partial charge in [-0.2, -0.15) is 0 Å². The molecule has 0 unspecified atom stereocenters. The van der Waals surface area contributed by atoms with Crippen molar-refractivity contribution in [3.05, 3.63) is 32.4 Å². The lowest BCUT2D eigenvalue weighted by Gasteiger charge is -2.50. The van der Waals surface area contributed by atoms with E-state index in [1.54, 1.807) is 28.4 Å². The summed E-state index contributed by atoms with van der Waals surface area (Å²) in [4.78, 5) is 0. The monoisotopic (exact) mass is 464 g/mol.